The van der Waals surface area contributed by atoms with Crippen molar-refractivity contribution in [1.82, 2.24) is 15.1 Å². The number of nitrogens with zero attached hydrogens (tertiary/aromatic N) is 2. The molecule has 2 aliphatic rings. The molecule has 2 fully saturated rings. The molecule has 0 saturated carbocycles. The van der Waals surface area contributed by atoms with Crippen LogP contribution in [0.4, 0.5) is 0 Å². The smallest absolute Gasteiger partial charge is 0.251 e. The van der Waals surface area contributed by atoms with Crippen molar-refractivity contribution in [1.29, 1.82) is 0 Å². The Bertz CT molecular complexity index is 310. The Morgan fingerprint density at radius 3 is 2.56 bits per heavy atom. The van der Waals surface area contributed by atoms with E-state index in [1.54, 1.807) is 0 Å². The second-order valence-corrected chi connectivity index (χ2v) is 5.04. The largest absolute Gasteiger partial charge is 0.368 e. The van der Waals surface area contributed by atoms with Crippen LogP contribution in [0.2, 0.25) is 0 Å². The van der Waals surface area contributed by atoms with Crippen LogP contribution in [-0.2, 0) is 9.53 Å². The van der Waals surface area contributed by atoms with E-state index in [4.69, 9.17) is 17.0 Å². The molecule has 1 unspecified atom stereocenters. The topological polar surface area (TPSA) is 44.8 Å². The third-order valence-electron chi connectivity index (χ3n) is 3.41. The first-order chi connectivity index (χ1) is 8.72. The van der Waals surface area contributed by atoms with Crippen molar-refractivity contribution in [2.75, 3.05) is 39.3 Å². The summed E-state index contributed by atoms with van der Waals surface area (Å²) < 4.78 is 5.44. The van der Waals surface area contributed by atoms with Gasteiger partial charge in [0.15, 0.2) is 5.11 Å². The van der Waals surface area contributed by atoms with E-state index in [1.807, 2.05) is 11.8 Å². The second kappa shape index (κ2) is 6.33. The van der Waals surface area contributed by atoms with Crippen LogP contribution in [0.3, 0.4) is 0 Å². The highest BCUT2D eigenvalue weighted by molar-refractivity contribution is 7.80. The van der Waals surface area contributed by atoms with Crippen LogP contribution in [-0.4, -0.2) is 66.3 Å². The minimum Gasteiger partial charge on any atom is -0.368 e. The molecule has 0 aliphatic carbocycles. The molecule has 102 valence electrons. The zero-order valence-corrected chi connectivity index (χ0v) is 11.7. The normalized spacial score (nSPS) is 24.2. The van der Waals surface area contributed by atoms with Crippen molar-refractivity contribution in [2.45, 2.75) is 25.9 Å². The summed E-state index contributed by atoms with van der Waals surface area (Å²) in [5, 5.41) is 3.94. The van der Waals surface area contributed by atoms with Crippen LogP contribution in [0.15, 0.2) is 0 Å². The van der Waals surface area contributed by atoms with Gasteiger partial charge in [0.2, 0.25) is 0 Å². The van der Waals surface area contributed by atoms with E-state index in [0.29, 0.717) is 0 Å². The monoisotopic (exact) mass is 271 g/mol. The number of rotatable bonds is 2. The lowest BCUT2D eigenvalue weighted by atomic mass is 10.2. The summed E-state index contributed by atoms with van der Waals surface area (Å²) in [5.74, 6) is 0.154. The second-order valence-electron chi connectivity index (χ2n) is 4.65. The molecule has 0 bridgehead atoms. The lowest BCUT2D eigenvalue weighted by Gasteiger charge is -2.37. The number of piperazine rings is 1. The molecule has 2 rings (SSSR count). The maximum Gasteiger partial charge on any atom is 0.251 e. The summed E-state index contributed by atoms with van der Waals surface area (Å²) in [6, 6.07) is 0. The minimum absolute atomic E-state index is 0.154. The molecule has 6 heteroatoms. The van der Waals surface area contributed by atoms with Crippen LogP contribution < -0.4 is 5.32 Å². The zero-order valence-electron chi connectivity index (χ0n) is 10.9. The van der Waals surface area contributed by atoms with E-state index in [1.165, 1.54) is 0 Å². The first-order valence-electron chi connectivity index (χ1n) is 6.65. The van der Waals surface area contributed by atoms with Crippen molar-refractivity contribution in [3.8, 4) is 0 Å². The average Bonchev–Trinajstić information content (AvgIpc) is 2.92. The summed E-state index contributed by atoms with van der Waals surface area (Å²) >= 11 is 5.27. The highest BCUT2D eigenvalue weighted by atomic mass is 32.1. The van der Waals surface area contributed by atoms with Gasteiger partial charge in [-0.3, -0.25) is 4.79 Å². The van der Waals surface area contributed by atoms with E-state index in [-0.39, 0.29) is 12.0 Å². The Balaban J connectivity index is 1.79. The Kier molecular flexibility index (Phi) is 4.77. The van der Waals surface area contributed by atoms with Crippen molar-refractivity contribution in [3.05, 3.63) is 0 Å². The van der Waals surface area contributed by atoms with Gasteiger partial charge in [-0.15, -0.1) is 0 Å². The third kappa shape index (κ3) is 3.11. The standard InChI is InChI=1S/C12H21N3O2S/c1-2-13-12(18)15-7-5-14(6-8-15)11(16)10-4-3-9-17-10/h10H,2-9H2,1H3,(H,13,18). The molecular weight excluding hydrogens is 250 g/mol. The van der Waals surface area contributed by atoms with Gasteiger partial charge in [-0.2, -0.15) is 0 Å². The molecule has 2 heterocycles. The molecule has 5 nitrogen and oxygen atoms in total. The molecule has 0 spiro atoms. The predicted octanol–water partition coefficient (Wildman–Crippen LogP) is 0.204. The lowest BCUT2D eigenvalue weighted by molar-refractivity contribution is -0.142. The predicted molar refractivity (Wildman–Crippen MR) is 73.4 cm³/mol. The molecule has 0 aromatic rings. The zero-order chi connectivity index (χ0) is 13.0. The van der Waals surface area contributed by atoms with E-state index in [9.17, 15) is 4.79 Å². The van der Waals surface area contributed by atoms with Gasteiger partial charge in [0.25, 0.3) is 5.91 Å². The van der Waals surface area contributed by atoms with Crippen molar-refractivity contribution >= 4 is 23.2 Å². The molecular formula is C12H21N3O2S. The van der Waals surface area contributed by atoms with Gasteiger partial charge in [0.05, 0.1) is 0 Å². The molecule has 2 saturated heterocycles. The molecule has 0 aromatic carbocycles. The number of carbonyl (C=O) groups is 1. The molecule has 1 atom stereocenters. The fourth-order valence-corrected chi connectivity index (χ4v) is 2.70. The van der Waals surface area contributed by atoms with E-state index >= 15 is 0 Å². The maximum absolute atomic E-state index is 12.1. The highest BCUT2D eigenvalue weighted by Gasteiger charge is 2.30. The third-order valence-corrected chi connectivity index (χ3v) is 3.81. The first-order valence-corrected chi connectivity index (χ1v) is 7.06. The van der Waals surface area contributed by atoms with E-state index in [2.05, 4.69) is 10.2 Å². The van der Waals surface area contributed by atoms with Crippen LogP contribution in [0.1, 0.15) is 19.8 Å². The van der Waals surface area contributed by atoms with E-state index in [0.717, 1.165) is 57.3 Å². The molecule has 0 aromatic heterocycles. The fraction of sp³-hybridized carbons (Fsp3) is 0.833. The minimum atomic E-state index is -0.197. The number of nitrogens with one attached hydrogen (secondary N) is 1. The Labute approximate surface area is 113 Å². The van der Waals surface area contributed by atoms with Crippen molar-refractivity contribution < 1.29 is 9.53 Å². The first kappa shape index (κ1) is 13.5. The van der Waals surface area contributed by atoms with Gasteiger partial charge in [-0.1, -0.05) is 0 Å². The van der Waals surface area contributed by atoms with Gasteiger partial charge in [0.1, 0.15) is 6.10 Å². The van der Waals surface area contributed by atoms with Gasteiger partial charge in [-0.25, -0.2) is 0 Å². The van der Waals surface area contributed by atoms with Crippen LogP contribution in [0.5, 0.6) is 0 Å². The lowest BCUT2D eigenvalue weighted by Crippen LogP contribution is -2.54. The van der Waals surface area contributed by atoms with Crippen LogP contribution in [0.25, 0.3) is 0 Å². The Morgan fingerprint density at radius 1 is 1.33 bits per heavy atom. The molecule has 1 amide bonds. The quantitative estimate of drug-likeness (QED) is 0.727. The van der Waals surface area contributed by atoms with E-state index < -0.39 is 0 Å². The van der Waals surface area contributed by atoms with Gasteiger partial charge in [0, 0.05) is 39.3 Å². The number of thiocarbonyl (C=S) groups is 1. The number of hydrogen-bond donors (Lipinski definition) is 1. The van der Waals surface area contributed by atoms with Crippen molar-refractivity contribution in [2.24, 2.45) is 0 Å². The van der Waals surface area contributed by atoms with Gasteiger partial charge in [-0.05, 0) is 32.0 Å². The summed E-state index contributed by atoms with van der Waals surface area (Å²) in [7, 11) is 0. The molecule has 2 aliphatic heterocycles. The number of amides is 1. The fourth-order valence-electron chi connectivity index (χ4n) is 2.37. The summed E-state index contributed by atoms with van der Waals surface area (Å²) in [6.45, 7) is 6.70. The summed E-state index contributed by atoms with van der Waals surface area (Å²) in [6.07, 6.45) is 1.67. The maximum atomic E-state index is 12.1. The summed E-state index contributed by atoms with van der Waals surface area (Å²) in [5.41, 5.74) is 0. The van der Waals surface area contributed by atoms with Crippen LogP contribution >= 0.6 is 12.2 Å². The van der Waals surface area contributed by atoms with Crippen molar-refractivity contribution in [3.63, 3.8) is 0 Å². The van der Waals surface area contributed by atoms with Crippen LogP contribution in [0, 0.1) is 0 Å². The number of carbonyl (C=O) groups excluding carboxylic acids is 1. The molecule has 1 N–H and O–H groups in total. The Morgan fingerprint density at radius 2 is 2.00 bits per heavy atom. The SMILES string of the molecule is CCNC(=S)N1CCN(C(=O)C2CCCO2)CC1. The average molecular weight is 271 g/mol. The summed E-state index contributed by atoms with van der Waals surface area (Å²) in [4.78, 5) is 16.2. The highest BCUT2D eigenvalue weighted by Crippen LogP contribution is 2.15. The number of ether oxygens (including phenoxy) is 1. The molecule has 18 heavy (non-hydrogen) atoms. The molecule has 0 radical (unpaired) electrons. The van der Waals surface area contributed by atoms with Gasteiger partial charge >= 0.3 is 0 Å². The Hall–Kier alpha value is -0.880. The van der Waals surface area contributed by atoms with Gasteiger partial charge < -0.3 is 19.9 Å². The number of hydrogen-bond acceptors (Lipinski definition) is 3.